The van der Waals surface area contributed by atoms with E-state index in [9.17, 15) is 4.79 Å². The molecule has 3 nitrogen and oxygen atoms in total. The van der Waals surface area contributed by atoms with Crippen LogP contribution in [0.1, 0.15) is 10.4 Å². The van der Waals surface area contributed by atoms with Gasteiger partial charge in [-0.2, -0.15) is 0 Å². The zero-order valence-corrected chi connectivity index (χ0v) is 12.7. The number of Topliss-reactive ketones (excluding diaryl/α,β-unsaturated/α-hetero) is 1. The molecule has 0 amide bonds. The molecule has 1 aromatic heterocycles. The summed E-state index contributed by atoms with van der Waals surface area (Å²) in [5.74, 6) is 1.21. The highest BCUT2D eigenvalue weighted by Crippen LogP contribution is 2.19. The first-order valence-corrected chi connectivity index (χ1v) is 7.38. The minimum atomic E-state index is 0.0809. The molecule has 5 heteroatoms. The second-order valence-corrected chi connectivity index (χ2v) is 5.67. The molecule has 0 aliphatic carbocycles. The number of rotatable bonds is 5. The van der Waals surface area contributed by atoms with Crippen LogP contribution in [0.15, 0.2) is 52.1 Å². The van der Waals surface area contributed by atoms with Crippen LogP contribution in [-0.2, 0) is 0 Å². The third-order valence-electron chi connectivity index (χ3n) is 2.46. The van der Waals surface area contributed by atoms with Crippen LogP contribution < -0.4 is 4.74 Å². The van der Waals surface area contributed by atoms with Gasteiger partial charge in [0.15, 0.2) is 5.78 Å². The zero-order chi connectivity index (χ0) is 13.7. The van der Waals surface area contributed by atoms with Gasteiger partial charge in [-0.25, -0.2) is 4.98 Å². The minimum Gasteiger partial charge on any atom is -0.497 e. The highest BCUT2D eigenvalue weighted by atomic mass is 79.9. The summed E-state index contributed by atoms with van der Waals surface area (Å²) in [4.78, 5) is 16.2. The predicted octanol–water partition coefficient (Wildman–Crippen LogP) is 3.83. The summed E-state index contributed by atoms with van der Waals surface area (Å²) < 4.78 is 5.99. The maximum atomic E-state index is 12.0. The van der Waals surface area contributed by atoms with Gasteiger partial charge in [-0.3, -0.25) is 4.79 Å². The van der Waals surface area contributed by atoms with E-state index in [0.29, 0.717) is 11.3 Å². The second-order valence-electron chi connectivity index (χ2n) is 3.76. The molecule has 1 aromatic carbocycles. The van der Waals surface area contributed by atoms with Crippen molar-refractivity contribution in [2.24, 2.45) is 0 Å². The van der Waals surface area contributed by atoms with Gasteiger partial charge in [-0.05, 0) is 52.3 Å². The number of pyridine rings is 1. The van der Waals surface area contributed by atoms with E-state index >= 15 is 0 Å². The lowest BCUT2D eigenvalue weighted by molar-refractivity contribution is 0.102. The maximum Gasteiger partial charge on any atom is 0.173 e. The van der Waals surface area contributed by atoms with Crippen LogP contribution in [0, 0.1) is 0 Å². The first-order valence-electron chi connectivity index (χ1n) is 5.60. The van der Waals surface area contributed by atoms with Gasteiger partial charge in [-0.1, -0.05) is 11.8 Å². The number of ketones is 1. The smallest absolute Gasteiger partial charge is 0.173 e. The number of ether oxygens (including phenoxy) is 1. The molecule has 0 fully saturated rings. The van der Waals surface area contributed by atoms with Gasteiger partial charge < -0.3 is 4.74 Å². The number of carbonyl (C=O) groups is 1. The predicted molar refractivity (Wildman–Crippen MR) is 80.0 cm³/mol. The first kappa shape index (κ1) is 14.1. The fourth-order valence-electron chi connectivity index (χ4n) is 1.45. The molecule has 0 unspecified atom stereocenters. The Labute approximate surface area is 124 Å². The molecule has 0 saturated heterocycles. The average Bonchev–Trinajstić information content (AvgIpc) is 2.46. The van der Waals surface area contributed by atoms with Crippen LogP contribution in [-0.4, -0.2) is 23.6 Å². The molecule has 0 saturated carbocycles. The number of carbonyl (C=O) groups excluding carboxylic acids is 1. The van der Waals surface area contributed by atoms with E-state index in [0.717, 1.165) is 15.2 Å². The van der Waals surface area contributed by atoms with Gasteiger partial charge in [0, 0.05) is 16.2 Å². The highest BCUT2D eigenvalue weighted by molar-refractivity contribution is 9.10. The Bertz CT molecular complexity index is 555. The number of aromatic nitrogens is 1. The summed E-state index contributed by atoms with van der Waals surface area (Å²) in [6.07, 6.45) is 1.72. The largest absolute Gasteiger partial charge is 0.497 e. The summed E-state index contributed by atoms with van der Waals surface area (Å²) in [7, 11) is 1.60. The second kappa shape index (κ2) is 6.73. The number of hydrogen-bond donors (Lipinski definition) is 0. The molecule has 2 aromatic rings. The maximum absolute atomic E-state index is 12.0. The van der Waals surface area contributed by atoms with Crippen LogP contribution >= 0.6 is 27.7 Å². The number of halogens is 1. The van der Waals surface area contributed by atoms with Gasteiger partial charge >= 0.3 is 0 Å². The van der Waals surface area contributed by atoms with Crippen LogP contribution in [0.2, 0.25) is 0 Å². The Balaban J connectivity index is 1.95. The number of benzene rings is 1. The first-order chi connectivity index (χ1) is 9.19. The summed E-state index contributed by atoms with van der Waals surface area (Å²) >= 11 is 4.75. The average molecular weight is 338 g/mol. The molecule has 98 valence electrons. The van der Waals surface area contributed by atoms with E-state index < -0.39 is 0 Å². The summed E-state index contributed by atoms with van der Waals surface area (Å²) in [6, 6.07) is 10.9. The fourth-order valence-corrected chi connectivity index (χ4v) is 2.42. The van der Waals surface area contributed by atoms with Crippen LogP contribution in [0.4, 0.5) is 0 Å². The van der Waals surface area contributed by atoms with Crippen molar-refractivity contribution in [2.45, 2.75) is 5.03 Å². The van der Waals surface area contributed by atoms with E-state index in [4.69, 9.17) is 4.74 Å². The van der Waals surface area contributed by atoms with Crippen molar-refractivity contribution < 1.29 is 9.53 Å². The molecule has 19 heavy (non-hydrogen) atoms. The lowest BCUT2D eigenvalue weighted by Gasteiger charge is -2.03. The van der Waals surface area contributed by atoms with Crippen molar-refractivity contribution in [1.29, 1.82) is 0 Å². The van der Waals surface area contributed by atoms with Gasteiger partial charge in [0.2, 0.25) is 0 Å². The Kier molecular flexibility index (Phi) is 4.99. The van der Waals surface area contributed by atoms with Crippen molar-refractivity contribution in [3.63, 3.8) is 0 Å². The Hall–Kier alpha value is -1.33. The topological polar surface area (TPSA) is 39.2 Å². The third-order valence-corrected chi connectivity index (χ3v) is 3.88. The van der Waals surface area contributed by atoms with E-state index in [-0.39, 0.29) is 5.78 Å². The molecular weight excluding hydrogens is 326 g/mol. The van der Waals surface area contributed by atoms with Gasteiger partial charge in [0.1, 0.15) is 5.75 Å². The monoisotopic (exact) mass is 337 g/mol. The summed E-state index contributed by atoms with van der Waals surface area (Å²) in [5.41, 5.74) is 0.686. The molecule has 0 bridgehead atoms. The van der Waals surface area contributed by atoms with Crippen molar-refractivity contribution >= 4 is 33.5 Å². The van der Waals surface area contributed by atoms with Crippen molar-refractivity contribution in [1.82, 2.24) is 4.98 Å². The molecule has 0 atom stereocenters. The molecule has 0 aliphatic rings. The SMILES string of the molecule is COc1ccc(C(=O)CSc2ccc(Br)cn2)cc1. The number of thioether (sulfide) groups is 1. The third kappa shape index (κ3) is 4.08. The molecule has 1 heterocycles. The molecule has 0 radical (unpaired) electrons. The molecule has 0 aliphatic heterocycles. The van der Waals surface area contributed by atoms with Crippen molar-refractivity contribution in [3.8, 4) is 5.75 Å². The van der Waals surface area contributed by atoms with Crippen molar-refractivity contribution in [3.05, 3.63) is 52.6 Å². The van der Waals surface area contributed by atoms with Gasteiger partial charge in [0.25, 0.3) is 0 Å². The number of methoxy groups -OCH3 is 1. The number of hydrogen-bond acceptors (Lipinski definition) is 4. The zero-order valence-electron chi connectivity index (χ0n) is 10.3. The Morgan fingerprint density at radius 1 is 1.26 bits per heavy atom. The van der Waals surface area contributed by atoms with Crippen molar-refractivity contribution in [2.75, 3.05) is 12.9 Å². The van der Waals surface area contributed by atoms with Crippen LogP contribution in [0.25, 0.3) is 0 Å². The molecule has 0 N–H and O–H groups in total. The van der Waals surface area contributed by atoms with Crippen LogP contribution in [0.3, 0.4) is 0 Å². The summed E-state index contributed by atoms with van der Waals surface area (Å²) in [5, 5.41) is 0.838. The quantitative estimate of drug-likeness (QED) is 0.614. The van der Waals surface area contributed by atoms with Gasteiger partial charge in [0.05, 0.1) is 17.9 Å². The summed E-state index contributed by atoms with van der Waals surface area (Å²) in [6.45, 7) is 0. The molecular formula is C14H12BrNO2S. The van der Waals surface area contributed by atoms with E-state index in [1.165, 1.54) is 11.8 Å². The lowest BCUT2D eigenvalue weighted by Crippen LogP contribution is -2.02. The van der Waals surface area contributed by atoms with E-state index in [1.807, 2.05) is 12.1 Å². The minimum absolute atomic E-state index is 0.0809. The fraction of sp³-hybridized carbons (Fsp3) is 0.143. The van der Waals surface area contributed by atoms with Crippen LogP contribution in [0.5, 0.6) is 5.75 Å². The van der Waals surface area contributed by atoms with E-state index in [2.05, 4.69) is 20.9 Å². The number of nitrogens with zero attached hydrogens (tertiary/aromatic N) is 1. The Morgan fingerprint density at radius 2 is 2.00 bits per heavy atom. The Morgan fingerprint density at radius 3 is 2.58 bits per heavy atom. The van der Waals surface area contributed by atoms with Gasteiger partial charge in [-0.15, -0.1) is 0 Å². The highest BCUT2D eigenvalue weighted by Gasteiger charge is 2.07. The van der Waals surface area contributed by atoms with E-state index in [1.54, 1.807) is 37.6 Å². The normalized spacial score (nSPS) is 10.2. The molecule has 0 spiro atoms. The standard InChI is InChI=1S/C14H12BrNO2S/c1-18-12-5-2-10(3-6-12)13(17)9-19-14-7-4-11(15)8-16-14/h2-8H,9H2,1H3. The molecule has 2 rings (SSSR count). The lowest BCUT2D eigenvalue weighted by atomic mass is 10.1.